The van der Waals surface area contributed by atoms with Gasteiger partial charge in [0.1, 0.15) is 0 Å². The predicted octanol–water partition coefficient (Wildman–Crippen LogP) is 3.44. The third-order valence-electron chi connectivity index (χ3n) is 2.07. The van der Waals surface area contributed by atoms with E-state index in [0.717, 1.165) is 17.5 Å². The Morgan fingerprint density at radius 1 is 1.54 bits per heavy atom. The normalized spacial score (nSPS) is 12.1. The first-order valence-electron chi connectivity index (χ1n) is 4.36. The molecule has 0 aliphatic heterocycles. The van der Waals surface area contributed by atoms with E-state index in [4.69, 9.17) is 16.9 Å². The lowest BCUT2D eigenvalue weighted by Gasteiger charge is -2.06. The van der Waals surface area contributed by atoms with Crippen molar-refractivity contribution >= 4 is 11.6 Å². The number of nitriles is 1. The second kappa shape index (κ2) is 4.89. The van der Waals surface area contributed by atoms with Crippen LogP contribution in [0.1, 0.15) is 30.4 Å². The van der Waals surface area contributed by atoms with Crippen molar-refractivity contribution in [2.24, 2.45) is 0 Å². The summed E-state index contributed by atoms with van der Waals surface area (Å²) >= 11 is 5.71. The molecule has 1 unspecified atom stereocenters. The zero-order chi connectivity index (χ0) is 9.68. The summed E-state index contributed by atoms with van der Waals surface area (Å²) in [5.41, 5.74) is 2.15. The van der Waals surface area contributed by atoms with Gasteiger partial charge in [-0.1, -0.05) is 31.2 Å². The van der Waals surface area contributed by atoms with E-state index in [1.165, 1.54) is 0 Å². The van der Waals surface area contributed by atoms with Crippen molar-refractivity contribution < 1.29 is 0 Å². The highest BCUT2D eigenvalue weighted by Crippen LogP contribution is 2.19. The number of hydrogen-bond donors (Lipinski definition) is 0. The van der Waals surface area contributed by atoms with Crippen molar-refractivity contribution in [2.45, 2.75) is 25.1 Å². The van der Waals surface area contributed by atoms with E-state index in [1.807, 2.05) is 31.2 Å². The van der Waals surface area contributed by atoms with Crippen LogP contribution in [0.2, 0.25) is 0 Å². The molecule has 0 aromatic heterocycles. The van der Waals surface area contributed by atoms with E-state index in [1.54, 1.807) is 0 Å². The molecule has 0 radical (unpaired) electrons. The molecule has 2 heteroatoms. The van der Waals surface area contributed by atoms with Crippen molar-refractivity contribution in [1.29, 1.82) is 5.26 Å². The summed E-state index contributed by atoms with van der Waals surface area (Å²) in [4.78, 5) is 0. The van der Waals surface area contributed by atoms with E-state index in [-0.39, 0.29) is 5.92 Å². The molecule has 0 heterocycles. The first kappa shape index (κ1) is 10.1. The Hall–Kier alpha value is -1.00. The average Bonchev–Trinajstić information content (AvgIpc) is 2.20. The van der Waals surface area contributed by atoms with Crippen LogP contribution in [0.3, 0.4) is 0 Å². The zero-order valence-corrected chi connectivity index (χ0v) is 8.38. The molecule has 0 saturated carbocycles. The number of hydrogen-bond acceptors (Lipinski definition) is 1. The molecule has 1 atom stereocenters. The smallest absolute Gasteiger partial charge is 0.0710 e. The number of halogens is 1. The molecule has 13 heavy (non-hydrogen) atoms. The van der Waals surface area contributed by atoms with Crippen LogP contribution in [0.15, 0.2) is 24.3 Å². The van der Waals surface area contributed by atoms with Gasteiger partial charge in [-0.2, -0.15) is 5.26 Å². The van der Waals surface area contributed by atoms with Gasteiger partial charge >= 0.3 is 0 Å². The maximum absolute atomic E-state index is 8.86. The van der Waals surface area contributed by atoms with Gasteiger partial charge in [0.15, 0.2) is 0 Å². The van der Waals surface area contributed by atoms with E-state index in [9.17, 15) is 0 Å². The molecule has 68 valence electrons. The minimum atomic E-state index is 0.00293. The lowest BCUT2D eigenvalue weighted by molar-refractivity contribution is 0.817. The second-order valence-corrected chi connectivity index (χ2v) is 3.24. The summed E-state index contributed by atoms with van der Waals surface area (Å²) < 4.78 is 0. The zero-order valence-electron chi connectivity index (χ0n) is 7.63. The van der Waals surface area contributed by atoms with Crippen LogP contribution in [0.5, 0.6) is 0 Å². The molecular formula is C11H12ClN. The van der Waals surface area contributed by atoms with Crippen molar-refractivity contribution in [3.8, 4) is 6.07 Å². The summed E-state index contributed by atoms with van der Waals surface area (Å²) in [6.45, 7) is 2.02. The largest absolute Gasteiger partial charge is 0.198 e. The van der Waals surface area contributed by atoms with Gasteiger partial charge < -0.3 is 0 Å². The van der Waals surface area contributed by atoms with Gasteiger partial charge in [-0.25, -0.2) is 0 Å². The van der Waals surface area contributed by atoms with Crippen molar-refractivity contribution in [2.75, 3.05) is 0 Å². The molecule has 0 saturated heterocycles. The molecule has 1 aromatic rings. The van der Waals surface area contributed by atoms with E-state index < -0.39 is 0 Å². The molecule has 1 nitrogen and oxygen atoms in total. The van der Waals surface area contributed by atoms with E-state index in [0.29, 0.717) is 5.88 Å². The van der Waals surface area contributed by atoms with Crippen LogP contribution >= 0.6 is 11.6 Å². The number of nitrogens with zero attached hydrogens (tertiary/aromatic N) is 1. The minimum absolute atomic E-state index is 0.00293. The first-order chi connectivity index (χ1) is 6.31. The van der Waals surface area contributed by atoms with Gasteiger partial charge in [-0.05, 0) is 17.5 Å². The van der Waals surface area contributed by atoms with Crippen molar-refractivity contribution in [3.05, 3.63) is 35.4 Å². The van der Waals surface area contributed by atoms with Crippen LogP contribution in [0.25, 0.3) is 0 Å². The fourth-order valence-corrected chi connectivity index (χ4v) is 1.46. The summed E-state index contributed by atoms with van der Waals surface area (Å²) in [6.07, 6.45) is 0.849. The Labute approximate surface area is 84.0 Å². The third kappa shape index (κ3) is 2.47. The number of rotatable bonds is 3. The fourth-order valence-electron chi connectivity index (χ4n) is 1.29. The van der Waals surface area contributed by atoms with E-state index >= 15 is 0 Å². The monoisotopic (exact) mass is 193 g/mol. The Bertz CT molecular complexity index is 314. The topological polar surface area (TPSA) is 23.8 Å². The van der Waals surface area contributed by atoms with Gasteiger partial charge in [-0.15, -0.1) is 11.6 Å². The van der Waals surface area contributed by atoms with Crippen molar-refractivity contribution in [1.82, 2.24) is 0 Å². The Balaban J connectivity index is 2.94. The fraction of sp³-hybridized carbons (Fsp3) is 0.364. The second-order valence-electron chi connectivity index (χ2n) is 2.97. The van der Waals surface area contributed by atoms with Crippen molar-refractivity contribution in [3.63, 3.8) is 0 Å². The van der Waals surface area contributed by atoms with Gasteiger partial charge in [0.2, 0.25) is 0 Å². The van der Waals surface area contributed by atoms with Crippen LogP contribution in [0, 0.1) is 11.3 Å². The third-order valence-corrected chi connectivity index (χ3v) is 2.38. The molecular weight excluding hydrogens is 182 g/mol. The standard InChI is InChI=1S/C11H12ClN/c1-2-10(8-13)11-5-3-4-9(6-11)7-12/h3-6,10H,2,7H2,1H3. The molecule has 0 fully saturated rings. The molecule has 0 aliphatic rings. The van der Waals surface area contributed by atoms with Crippen LogP contribution in [-0.4, -0.2) is 0 Å². The lowest BCUT2D eigenvalue weighted by atomic mass is 9.97. The van der Waals surface area contributed by atoms with Gasteiger partial charge in [0.05, 0.1) is 12.0 Å². The maximum atomic E-state index is 8.86. The highest BCUT2D eigenvalue weighted by atomic mass is 35.5. The molecule has 1 rings (SSSR count). The maximum Gasteiger partial charge on any atom is 0.0710 e. The van der Waals surface area contributed by atoms with Gasteiger partial charge in [0.25, 0.3) is 0 Å². The Morgan fingerprint density at radius 2 is 2.31 bits per heavy atom. The highest BCUT2D eigenvalue weighted by Gasteiger charge is 2.07. The molecule has 1 aromatic carbocycles. The summed E-state index contributed by atoms with van der Waals surface area (Å²) in [5, 5.41) is 8.86. The summed E-state index contributed by atoms with van der Waals surface area (Å²) in [5.74, 6) is 0.513. The number of benzene rings is 1. The van der Waals surface area contributed by atoms with Crippen LogP contribution in [-0.2, 0) is 5.88 Å². The average molecular weight is 194 g/mol. The predicted molar refractivity (Wildman–Crippen MR) is 54.6 cm³/mol. The molecule has 0 N–H and O–H groups in total. The van der Waals surface area contributed by atoms with Crippen LogP contribution < -0.4 is 0 Å². The highest BCUT2D eigenvalue weighted by molar-refractivity contribution is 6.17. The molecule has 0 amide bonds. The summed E-state index contributed by atoms with van der Waals surface area (Å²) in [7, 11) is 0. The SMILES string of the molecule is CCC(C#N)c1cccc(CCl)c1. The lowest BCUT2D eigenvalue weighted by Crippen LogP contribution is -1.94. The van der Waals surface area contributed by atoms with Gasteiger partial charge in [0, 0.05) is 5.88 Å². The summed E-state index contributed by atoms with van der Waals surface area (Å²) in [6, 6.07) is 10.2. The quantitative estimate of drug-likeness (QED) is 0.675. The van der Waals surface area contributed by atoms with Gasteiger partial charge in [-0.3, -0.25) is 0 Å². The Morgan fingerprint density at radius 3 is 2.85 bits per heavy atom. The Kier molecular flexibility index (Phi) is 3.79. The van der Waals surface area contributed by atoms with E-state index in [2.05, 4.69) is 6.07 Å². The molecule has 0 aliphatic carbocycles. The first-order valence-corrected chi connectivity index (χ1v) is 4.89. The number of alkyl halides is 1. The minimum Gasteiger partial charge on any atom is -0.198 e. The molecule has 0 spiro atoms. The van der Waals surface area contributed by atoms with Crippen LogP contribution in [0.4, 0.5) is 0 Å². The molecule has 0 bridgehead atoms.